The lowest BCUT2D eigenvalue weighted by Crippen LogP contribution is -2.36. The lowest BCUT2D eigenvalue weighted by atomic mass is 10.1. The zero-order chi connectivity index (χ0) is 15.1. The summed E-state index contributed by atoms with van der Waals surface area (Å²) in [6.07, 6.45) is 0.724. The van der Waals surface area contributed by atoms with Crippen LogP contribution in [0.15, 0.2) is 24.3 Å². The van der Waals surface area contributed by atoms with Crippen LogP contribution in [0.3, 0.4) is 0 Å². The number of nitrogens with two attached hydrogens (primary N) is 1. The third kappa shape index (κ3) is 4.08. The number of ether oxygens (including phenoxy) is 1. The highest BCUT2D eigenvalue weighted by Gasteiger charge is 2.18. The van der Waals surface area contributed by atoms with E-state index in [4.69, 9.17) is 5.73 Å². The summed E-state index contributed by atoms with van der Waals surface area (Å²) in [5.74, 6) is -1.31. The number of primary amides is 1. The van der Waals surface area contributed by atoms with Gasteiger partial charge in [-0.15, -0.1) is 0 Å². The van der Waals surface area contributed by atoms with Crippen LogP contribution in [0.2, 0.25) is 0 Å². The molecule has 0 aliphatic rings. The van der Waals surface area contributed by atoms with Crippen molar-refractivity contribution in [3.05, 3.63) is 35.4 Å². The minimum absolute atomic E-state index is 0.0965. The third-order valence-electron chi connectivity index (χ3n) is 2.74. The van der Waals surface area contributed by atoms with E-state index in [-0.39, 0.29) is 12.5 Å². The van der Waals surface area contributed by atoms with Gasteiger partial charge >= 0.3 is 5.97 Å². The molecule has 0 atom stereocenters. The second kappa shape index (κ2) is 7.28. The van der Waals surface area contributed by atoms with Crippen molar-refractivity contribution in [2.24, 2.45) is 5.73 Å². The maximum atomic E-state index is 12.3. The molecule has 2 amide bonds. The van der Waals surface area contributed by atoms with E-state index in [2.05, 4.69) is 4.74 Å². The smallest absolute Gasteiger partial charge is 0.325 e. The number of benzene rings is 1. The Labute approximate surface area is 117 Å². The van der Waals surface area contributed by atoms with Gasteiger partial charge in [-0.1, -0.05) is 6.92 Å². The second-order valence-corrected chi connectivity index (χ2v) is 4.24. The summed E-state index contributed by atoms with van der Waals surface area (Å²) in [5.41, 5.74) is 5.86. The number of esters is 1. The SMILES string of the molecule is CCCN(CC(=O)OC)C(=O)c1ccc(C(N)=O)cc1. The number of hydrogen-bond donors (Lipinski definition) is 1. The molecule has 2 N–H and O–H groups in total. The quantitative estimate of drug-likeness (QED) is 0.780. The van der Waals surface area contributed by atoms with Crippen LogP contribution >= 0.6 is 0 Å². The maximum Gasteiger partial charge on any atom is 0.325 e. The highest BCUT2D eigenvalue weighted by Crippen LogP contribution is 2.08. The van der Waals surface area contributed by atoms with Crippen molar-refractivity contribution in [2.45, 2.75) is 13.3 Å². The van der Waals surface area contributed by atoms with E-state index in [1.165, 1.54) is 36.3 Å². The fourth-order valence-corrected chi connectivity index (χ4v) is 1.70. The van der Waals surface area contributed by atoms with Gasteiger partial charge < -0.3 is 15.4 Å². The van der Waals surface area contributed by atoms with Gasteiger partial charge in [-0.25, -0.2) is 0 Å². The van der Waals surface area contributed by atoms with Crippen molar-refractivity contribution in [2.75, 3.05) is 20.2 Å². The number of amides is 2. The second-order valence-electron chi connectivity index (χ2n) is 4.24. The van der Waals surface area contributed by atoms with Gasteiger partial charge in [-0.05, 0) is 30.7 Å². The molecule has 0 saturated heterocycles. The monoisotopic (exact) mass is 278 g/mol. The maximum absolute atomic E-state index is 12.3. The van der Waals surface area contributed by atoms with E-state index in [0.717, 1.165) is 6.42 Å². The number of carbonyl (C=O) groups is 3. The summed E-state index contributed by atoms with van der Waals surface area (Å²) in [6.45, 7) is 2.26. The first-order valence-electron chi connectivity index (χ1n) is 6.25. The molecule has 1 aromatic rings. The van der Waals surface area contributed by atoms with Gasteiger partial charge in [0, 0.05) is 17.7 Å². The van der Waals surface area contributed by atoms with E-state index < -0.39 is 11.9 Å². The zero-order valence-corrected chi connectivity index (χ0v) is 11.6. The van der Waals surface area contributed by atoms with Crippen molar-refractivity contribution in [3.8, 4) is 0 Å². The highest BCUT2D eigenvalue weighted by molar-refractivity contribution is 5.98. The van der Waals surface area contributed by atoms with Gasteiger partial charge in [0.15, 0.2) is 0 Å². The molecule has 108 valence electrons. The molecular weight excluding hydrogens is 260 g/mol. The van der Waals surface area contributed by atoms with Crippen LogP contribution in [-0.4, -0.2) is 42.9 Å². The summed E-state index contributed by atoms with van der Waals surface area (Å²) in [5, 5.41) is 0. The molecule has 6 heteroatoms. The first-order valence-corrected chi connectivity index (χ1v) is 6.25. The van der Waals surface area contributed by atoms with Crippen molar-refractivity contribution < 1.29 is 19.1 Å². The molecule has 0 fully saturated rings. The fourth-order valence-electron chi connectivity index (χ4n) is 1.70. The molecule has 6 nitrogen and oxygen atoms in total. The fraction of sp³-hybridized carbons (Fsp3) is 0.357. The summed E-state index contributed by atoms with van der Waals surface area (Å²) in [4.78, 5) is 35.9. The van der Waals surface area contributed by atoms with Crippen molar-refractivity contribution >= 4 is 17.8 Å². The Morgan fingerprint density at radius 1 is 1.15 bits per heavy atom. The Kier molecular flexibility index (Phi) is 5.71. The first kappa shape index (κ1) is 15.7. The van der Waals surface area contributed by atoms with Gasteiger partial charge in [0.25, 0.3) is 5.91 Å². The summed E-state index contributed by atoms with van der Waals surface area (Å²) >= 11 is 0. The van der Waals surface area contributed by atoms with Gasteiger partial charge in [0.05, 0.1) is 7.11 Å². The molecule has 0 radical (unpaired) electrons. The number of hydrogen-bond acceptors (Lipinski definition) is 4. The topological polar surface area (TPSA) is 89.7 Å². The van der Waals surface area contributed by atoms with Crippen molar-refractivity contribution in [3.63, 3.8) is 0 Å². The number of rotatable bonds is 6. The Morgan fingerprint density at radius 3 is 2.15 bits per heavy atom. The minimum Gasteiger partial charge on any atom is -0.468 e. The lowest BCUT2D eigenvalue weighted by Gasteiger charge is -2.20. The predicted molar refractivity (Wildman–Crippen MR) is 73.2 cm³/mol. The molecule has 0 bridgehead atoms. The van der Waals surface area contributed by atoms with E-state index in [0.29, 0.717) is 17.7 Å². The van der Waals surface area contributed by atoms with E-state index in [1.54, 1.807) is 0 Å². The Hall–Kier alpha value is -2.37. The van der Waals surface area contributed by atoms with Gasteiger partial charge in [0.2, 0.25) is 5.91 Å². The van der Waals surface area contributed by atoms with Gasteiger partial charge in [-0.3, -0.25) is 14.4 Å². The zero-order valence-electron chi connectivity index (χ0n) is 11.6. The number of nitrogens with zero attached hydrogens (tertiary/aromatic N) is 1. The van der Waals surface area contributed by atoms with Crippen LogP contribution in [0.5, 0.6) is 0 Å². The molecule has 0 aromatic heterocycles. The Balaban J connectivity index is 2.88. The summed E-state index contributed by atoms with van der Waals surface area (Å²) in [6, 6.07) is 6.00. The minimum atomic E-state index is -0.552. The van der Waals surface area contributed by atoms with Crippen LogP contribution in [-0.2, 0) is 9.53 Å². The number of methoxy groups -OCH3 is 1. The molecule has 0 aliphatic carbocycles. The van der Waals surface area contributed by atoms with Crippen molar-refractivity contribution in [1.29, 1.82) is 0 Å². The Morgan fingerprint density at radius 2 is 1.70 bits per heavy atom. The molecule has 0 unspecified atom stereocenters. The molecule has 1 aromatic carbocycles. The predicted octanol–water partition coefficient (Wildman–Crippen LogP) is 0.811. The van der Waals surface area contributed by atoms with Crippen LogP contribution in [0, 0.1) is 0 Å². The van der Waals surface area contributed by atoms with E-state index in [9.17, 15) is 14.4 Å². The summed E-state index contributed by atoms with van der Waals surface area (Å²) < 4.78 is 4.57. The molecule has 0 heterocycles. The molecule has 1 rings (SSSR count). The van der Waals surface area contributed by atoms with Crippen LogP contribution < -0.4 is 5.73 Å². The van der Waals surface area contributed by atoms with Crippen LogP contribution in [0.25, 0.3) is 0 Å². The molecule has 0 spiro atoms. The molecule has 0 aliphatic heterocycles. The van der Waals surface area contributed by atoms with Gasteiger partial charge in [-0.2, -0.15) is 0 Å². The summed E-state index contributed by atoms with van der Waals surface area (Å²) in [7, 11) is 1.28. The van der Waals surface area contributed by atoms with Crippen LogP contribution in [0.1, 0.15) is 34.1 Å². The number of carbonyl (C=O) groups excluding carboxylic acids is 3. The molecule has 20 heavy (non-hydrogen) atoms. The standard InChI is InChI=1S/C14H18N2O4/c1-3-8-16(9-12(17)20-2)14(19)11-6-4-10(5-7-11)13(15)18/h4-7H,3,8-9H2,1-2H3,(H2,15,18). The molecular formula is C14H18N2O4. The van der Waals surface area contributed by atoms with Crippen LogP contribution in [0.4, 0.5) is 0 Å². The highest BCUT2D eigenvalue weighted by atomic mass is 16.5. The van der Waals surface area contributed by atoms with E-state index in [1.807, 2.05) is 6.92 Å². The lowest BCUT2D eigenvalue weighted by molar-refractivity contribution is -0.141. The average molecular weight is 278 g/mol. The van der Waals surface area contributed by atoms with Crippen molar-refractivity contribution in [1.82, 2.24) is 4.90 Å². The largest absolute Gasteiger partial charge is 0.468 e. The van der Waals surface area contributed by atoms with E-state index >= 15 is 0 Å². The normalized spacial score (nSPS) is 9.90. The molecule has 0 saturated carbocycles. The Bertz CT molecular complexity index is 496. The van der Waals surface area contributed by atoms with Gasteiger partial charge in [0.1, 0.15) is 6.54 Å². The third-order valence-corrected chi connectivity index (χ3v) is 2.74. The average Bonchev–Trinajstić information content (AvgIpc) is 2.46. The first-order chi connectivity index (χ1) is 9.49.